The summed E-state index contributed by atoms with van der Waals surface area (Å²) in [6.07, 6.45) is 1.89. The van der Waals surface area contributed by atoms with E-state index in [2.05, 4.69) is 23.2 Å². The summed E-state index contributed by atoms with van der Waals surface area (Å²) in [4.78, 5) is 11.5. The molecule has 0 amide bonds. The molecule has 1 aromatic heterocycles. The van der Waals surface area contributed by atoms with Crippen molar-refractivity contribution in [1.82, 2.24) is 10.2 Å². The second-order valence-corrected chi connectivity index (χ2v) is 6.04. The zero-order chi connectivity index (χ0) is 15.9. The molecule has 0 unspecified atom stereocenters. The molecule has 6 heteroatoms. The summed E-state index contributed by atoms with van der Waals surface area (Å²) in [7, 11) is 0. The number of nitrogens with zero attached hydrogens (tertiary/aromatic N) is 2. The van der Waals surface area contributed by atoms with Gasteiger partial charge in [-0.2, -0.15) is 0 Å². The average molecular weight is 320 g/mol. The highest BCUT2D eigenvalue weighted by Crippen LogP contribution is 2.24. The molecule has 0 saturated heterocycles. The number of ether oxygens (including phenoxy) is 1. The van der Waals surface area contributed by atoms with Crippen molar-refractivity contribution in [1.29, 1.82) is 0 Å². The van der Waals surface area contributed by atoms with E-state index >= 15 is 0 Å². The molecule has 0 radical (unpaired) electrons. The quantitative estimate of drug-likeness (QED) is 0.439. The summed E-state index contributed by atoms with van der Waals surface area (Å²) in [6, 6.07) is 6.07. The number of rotatable bonds is 7. The third-order valence-electron chi connectivity index (χ3n) is 2.95. The van der Waals surface area contributed by atoms with Crippen molar-refractivity contribution in [3.8, 4) is 11.5 Å². The molecule has 0 spiro atoms. The normalized spacial score (nSPS) is 10.7. The standard InChI is InChI=1S/C16H20N2O3S/c1-4-5-6-20-14(19)10-22-16-18-17-15(21-16)13-8-11(2)7-12(3)9-13/h7-9H,4-6,10H2,1-3H3. The maximum atomic E-state index is 11.5. The minimum absolute atomic E-state index is 0.179. The summed E-state index contributed by atoms with van der Waals surface area (Å²) in [5.41, 5.74) is 3.17. The molecule has 22 heavy (non-hydrogen) atoms. The Bertz CT molecular complexity index is 620. The number of carbonyl (C=O) groups excluding carboxylic acids is 1. The Morgan fingerprint density at radius 3 is 2.64 bits per heavy atom. The molecule has 0 N–H and O–H groups in total. The first kappa shape index (κ1) is 16.5. The smallest absolute Gasteiger partial charge is 0.316 e. The van der Waals surface area contributed by atoms with Crippen LogP contribution in [0.5, 0.6) is 0 Å². The number of hydrogen-bond acceptors (Lipinski definition) is 6. The molecule has 2 rings (SSSR count). The maximum absolute atomic E-state index is 11.5. The van der Waals surface area contributed by atoms with Crippen molar-refractivity contribution in [3.05, 3.63) is 29.3 Å². The van der Waals surface area contributed by atoms with Crippen molar-refractivity contribution >= 4 is 17.7 Å². The van der Waals surface area contributed by atoms with E-state index in [-0.39, 0.29) is 11.7 Å². The minimum Gasteiger partial charge on any atom is -0.465 e. The lowest BCUT2D eigenvalue weighted by Gasteiger charge is -2.01. The second-order valence-electron chi connectivity index (χ2n) is 5.11. The number of unbranched alkanes of at least 4 members (excludes halogenated alkanes) is 1. The number of aromatic nitrogens is 2. The topological polar surface area (TPSA) is 65.2 Å². The van der Waals surface area contributed by atoms with Gasteiger partial charge in [0.2, 0.25) is 5.89 Å². The molecular formula is C16H20N2O3S. The lowest BCUT2D eigenvalue weighted by Crippen LogP contribution is -2.08. The van der Waals surface area contributed by atoms with Gasteiger partial charge in [-0.15, -0.1) is 10.2 Å². The van der Waals surface area contributed by atoms with Gasteiger partial charge in [-0.1, -0.05) is 42.3 Å². The van der Waals surface area contributed by atoms with Gasteiger partial charge in [-0.25, -0.2) is 0 Å². The van der Waals surface area contributed by atoms with E-state index in [1.165, 1.54) is 11.8 Å². The molecule has 0 aliphatic heterocycles. The van der Waals surface area contributed by atoms with E-state index < -0.39 is 0 Å². The number of carbonyl (C=O) groups is 1. The van der Waals surface area contributed by atoms with Gasteiger partial charge >= 0.3 is 5.97 Å². The monoisotopic (exact) mass is 320 g/mol. The Morgan fingerprint density at radius 2 is 1.95 bits per heavy atom. The van der Waals surface area contributed by atoms with Gasteiger partial charge in [0.15, 0.2) is 0 Å². The molecule has 0 saturated carbocycles. The SMILES string of the molecule is CCCCOC(=O)CSc1nnc(-c2cc(C)cc(C)c2)o1. The van der Waals surface area contributed by atoms with Gasteiger partial charge < -0.3 is 9.15 Å². The summed E-state index contributed by atoms with van der Waals surface area (Å²) in [5.74, 6) is 0.385. The Kier molecular flexibility index (Phi) is 6.00. The number of thioether (sulfide) groups is 1. The highest BCUT2D eigenvalue weighted by atomic mass is 32.2. The van der Waals surface area contributed by atoms with Gasteiger partial charge in [0.25, 0.3) is 5.22 Å². The third-order valence-corrected chi connectivity index (χ3v) is 3.74. The van der Waals surface area contributed by atoms with Crippen LogP contribution < -0.4 is 0 Å². The summed E-state index contributed by atoms with van der Waals surface area (Å²) >= 11 is 1.20. The molecular weight excluding hydrogens is 300 g/mol. The highest BCUT2D eigenvalue weighted by molar-refractivity contribution is 7.99. The zero-order valence-corrected chi connectivity index (χ0v) is 13.9. The largest absolute Gasteiger partial charge is 0.465 e. The van der Waals surface area contributed by atoms with Crippen LogP contribution in [0, 0.1) is 13.8 Å². The molecule has 1 heterocycles. The van der Waals surface area contributed by atoms with Gasteiger partial charge in [0.05, 0.1) is 6.61 Å². The first-order chi connectivity index (χ1) is 10.6. The summed E-state index contributed by atoms with van der Waals surface area (Å²) in [6.45, 7) is 6.56. The molecule has 5 nitrogen and oxygen atoms in total. The van der Waals surface area contributed by atoms with Crippen LogP contribution in [-0.4, -0.2) is 28.5 Å². The van der Waals surface area contributed by atoms with Crippen LogP contribution in [0.4, 0.5) is 0 Å². The van der Waals surface area contributed by atoms with Crippen molar-refractivity contribution in [2.45, 2.75) is 38.8 Å². The van der Waals surface area contributed by atoms with Crippen LogP contribution in [0.25, 0.3) is 11.5 Å². The number of hydrogen-bond donors (Lipinski definition) is 0. The van der Waals surface area contributed by atoms with E-state index in [0.717, 1.165) is 29.5 Å². The van der Waals surface area contributed by atoms with E-state index in [4.69, 9.17) is 9.15 Å². The third kappa shape index (κ3) is 4.87. The van der Waals surface area contributed by atoms with Crippen molar-refractivity contribution < 1.29 is 13.9 Å². The van der Waals surface area contributed by atoms with Crippen molar-refractivity contribution in [3.63, 3.8) is 0 Å². The highest BCUT2D eigenvalue weighted by Gasteiger charge is 2.12. The Balaban J connectivity index is 1.92. The first-order valence-corrected chi connectivity index (χ1v) is 8.27. The molecule has 0 aliphatic carbocycles. The summed E-state index contributed by atoms with van der Waals surface area (Å²) < 4.78 is 10.7. The van der Waals surface area contributed by atoms with Gasteiger partial charge in [-0.05, 0) is 32.4 Å². The van der Waals surface area contributed by atoms with Crippen LogP contribution in [-0.2, 0) is 9.53 Å². The molecule has 2 aromatic rings. The zero-order valence-electron chi connectivity index (χ0n) is 13.1. The van der Waals surface area contributed by atoms with Crippen LogP contribution in [0.2, 0.25) is 0 Å². The lowest BCUT2D eigenvalue weighted by molar-refractivity contribution is -0.140. The van der Waals surface area contributed by atoms with E-state index in [1.54, 1.807) is 0 Å². The molecule has 0 fully saturated rings. The Labute approximate surface area is 134 Å². The van der Waals surface area contributed by atoms with E-state index in [1.807, 2.05) is 26.0 Å². The van der Waals surface area contributed by atoms with Crippen LogP contribution in [0.3, 0.4) is 0 Å². The van der Waals surface area contributed by atoms with Gasteiger partial charge in [0, 0.05) is 5.56 Å². The molecule has 0 aliphatic rings. The average Bonchev–Trinajstić information content (AvgIpc) is 2.93. The fourth-order valence-corrected chi connectivity index (χ4v) is 2.54. The minimum atomic E-state index is -0.260. The number of benzene rings is 1. The molecule has 118 valence electrons. The van der Waals surface area contributed by atoms with Gasteiger partial charge in [0.1, 0.15) is 5.75 Å². The Morgan fingerprint density at radius 1 is 1.23 bits per heavy atom. The van der Waals surface area contributed by atoms with Crippen molar-refractivity contribution in [2.24, 2.45) is 0 Å². The predicted octanol–water partition coefficient (Wildman–Crippen LogP) is 3.79. The first-order valence-electron chi connectivity index (χ1n) is 7.29. The van der Waals surface area contributed by atoms with Gasteiger partial charge in [-0.3, -0.25) is 4.79 Å². The molecule has 1 aromatic carbocycles. The fraction of sp³-hybridized carbons (Fsp3) is 0.438. The Hall–Kier alpha value is -1.82. The second kappa shape index (κ2) is 7.98. The van der Waals surface area contributed by atoms with Crippen LogP contribution >= 0.6 is 11.8 Å². The van der Waals surface area contributed by atoms with Crippen LogP contribution in [0.15, 0.2) is 27.8 Å². The van der Waals surface area contributed by atoms with Crippen LogP contribution in [0.1, 0.15) is 30.9 Å². The maximum Gasteiger partial charge on any atom is 0.316 e. The fourth-order valence-electron chi connectivity index (χ4n) is 1.98. The van der Waals surface area contributed by atoms with E-state index in [9.17, 15) is 4.79 Å². The number of aryl methyl sites for hydroxylation is 2. The van der Waals surface area contributed by atoms with E-state index in [0.29, 0.717) is 17.7 Å². The number of esters is 1. The summed E-state index contributed by atoms with van der Waals surface area (Å²) in [5, 5.41) is 8.37. The molecule has 0 bridgehead atoms. The van der Waals surface area contributed by atoms with Crippen molar-refractivity contribution in [2.75, 3.05) is 12.4 Å². The predicted molar refractivity (Wildman–Crippen MR) is 85.8 cm³/mol. The lowest BCUT2D eigenvalue weighted by atomic mass is 10.1. The molecule has 0 atom stereocenters.